The molecule has 5 rings (SSSR count). The van der Waals surface area contributed by atoms with E-state index in [1.54, 1.807) is 4.90 Å². The zero-order chi connectivity index (χ0) is 23.7. The molecule has 1 saturated heterocycles. The number of rotatable bonds is 6. The largest absolute Gasteiger partial charge is 0.399 e. The lowest BCUT2D eigenvalue weighted by atomic mass is 9.85. The van der Waals surface area contributed by atoms with Crippen molar-refractivity contribution in [1.29, 1.82) is 0 Å². The predicted octanol–water partition coefficient (Wildman–Crippen LogP) is 3.09. The van der Waals surface area contributed by atoms with Crippen LogP contribution in [0.2, 0.25) is 0 Å². The van der Waals surface area contributed by atoms with E-state index < -0.39 is 6.04 Å². The number of carbonyl (C=O) groups is 2. The van der Waals surface area contributed by atoms with Gasteiger partial charge in [-0.05, 0) is 54.4 Å². The van der Waals surface area contributed by atoms with Gasteiger partial charge in [0.25, 0.3) is 5.91 Å². The molecule has 5 atom stereocenters. The Kier molecular flexibility index (Phi) is 6.37. The maximum Gasteiger partial charge on any atom is 0.254 e. The quantitative estimate of drug-likeness (QED) is 0.647. The summed E-state index contributed by atoms with van der Waals surface area (Å²) in [5, 5.41) is 17.1. The van der Waals surface area contributed by atoms with E-state index in [0.29, 0.717) is 29.5 Å². The molecule has 3 fully saturated rings. The van der Waals surface area contributed by atoms with E-state index in [4.69, 9.17) is 4.84 Å². The number of nitrogens with zero attached hydrogens (tertiary/aromatic N) is 2. The van der Waals surface area contributed by atoms with Crippen molar-refractivity contribution in [3.63, 3.8) is 0 Å². The fraction of sp³-hybridized carbons (Fsp3) is 0.444. The normalized spacial score (nSPS) is 28.9. The van der Waals surface area contributed by atoms with E-state index in [9.17, 15) is 14.7 Å². The average molecular weight is 462 g/mol. The monoisotopic (exact) mass is 461 g/mol. The minimum Gasteiger partial charge on any atom is -0.399 e. The van der Waals surface area contributed by atoms with Gasteiger partial charge in [0.15, 0.2) is 0 Å². The van der Waals surface area contributed by atoms with E-state index >= 15 is 0 Å². The van der Waals surface area contributed by atoms with Crippen molar-refractivity contribution in [3.8, 4) is 11.1 Å². The van der Waals surface area contributed by atoms with Crippen LogP contribution in [0.1, 0.15) is 36.0 Å². The van der Waals surface area contributed by atoms with Gasteiger partial charge in [0, 0.05) is 30.6 Å². The van der Waals surface area contributed by atoms with Crippen LogP contribution < -0.4 is 5.32 Å². The number of fused-ring (bicyclic) bond motifs is 2. The molecule has 3 aliphatic rings. The Hall–Kier alpha value is -3.19. The van der Waals surface area contributed by atoms with Gasteiger partial charge in [-0.2, -0.15) is 0 Å². The number of oxime groups is 1. The van der Waals surface area contributed by atoms with Gasteiger partial charge in [0.2, 0.25) is 5.91 Å². The van der Waals surface area contributed by atoms with E-state index in [0.717, 1.165) is 30.4 Å². The molecule has 7 heteroatoms. The molecule has 2 aromatic rings. The van der Waals surface area contributed by atoms with Crippen LogP contribution in [-0.2, 0) is 9.63 Å². The Labute approximate surface area is 199 Å². The zero-order valence-electron chi connectivity index (χ0n) is 19.4. The van der Waals surface area contributed by atoms with Crippen LogP contribution >= 0.6 is 0 Å². The summed E-state index contributed by atoms with van der Waals surface area (Å²) in [5.74, 6) is 0.620. The first kappa shape index (κ1) is 22.6. The smallest absolute Gasteiger partial charge is 0.254 e. The first-order valence-electron chi connectivity index (χ1n) is 12.1. The van der Waals surface area contributed by atoms with Crippen molar-refractivity contribution in [2.75, 3.05) is 20.3 Å². The summed E-state index contributed by atoms with van der Waals surface area (Å²) in [4.78, 5) is 33.4. The molecular weight excluding hydrogens is 430 g/mol. The van der Waals surface area contributed by atoms with Gasteiger partial charge in [-0.1, -0.05) is 47.6 Å². The number of hydrogen-bond donors (Lipinski definition) is 2. The van der Waals surface area contributed by atoms with E-state index in [1.165, 1.54) is 7.11 Å². The summed E-state index contributed by atoms with van der Waals surface area (Å²) >= 11 is 0. The van der Waals surface area contributed by atoms with Crippen LogP contribution in [0.3, 0.4) is 0 Å². The zero-order valence-corrected chi connectivity index (χ0v) is 19.4. The number of likely N-dealkylation sites (tertiary alicyclic amines) is 1. The molecule has 0 spiro atoms. The van der Waals surface area contributed by atoms with E-state index in [2.05, 4.69) is 10.5 Å². The highest BCUT2D eigenvalue weighted by Crippen LogP contribution is 2.48. The Balaban J connectivity index is 1.34. The molecule has 34 heavy (non-hydrogen) atoms. The van der Waals surface area contributed by atoms with Gasteiger partial charge in [0.1, 0.15) is 13.2 Å². The van der Waals surface area contributed by atoms with Crippen molar-refractivity contribution in [2.45, 2.75) is 37.8 Å². The summed E-state index contributed by atoms with van der Waals surface area (Å²) in [7, 11) is 1.47. The Morgan fingerprint density at radius 2 is 1.76 bits per heavy atom. The second-order valence-corrected chi connectivity index (χ2v) is 9.65. The molecule has 178 valence electrons. The lowest BCUT2D eigenvalue weighted by molar-refractivity contribution is -0.126. The molecule has 1 aliphatic heterocycles. The Morgan fingerprint density at radius 1 is 1.06 bits per heavy atom. The number of amides is 2. The number of aliphatic hydroxyl groups excluding tert-OH is 1. The van der Waals surface area contributed by atoms with E-state index in [-0.39, 0.29) is 36.9 Å². The second kappa shape index (κ2) is 9.58. The molecule has 0 aromatic heterocycles. The third-order valence-corrected chi connectivity index (χ3v) is 7.79. The fourth-order valence-corrected chi connectivity index (χ4v) is 6.11. The highest BCUT2D eigenvalue weighted by Gasteiger charge is 2.49. The van der Waals surface area contributed by atoms with Crippen LogP contribution in [0.5, 0.6) is 0 Å². The van der Waals surface area contributed by atoms with Crippen LogP contribution in [0, 0.1) is 17.8 Å². The summed E-state index contributed by atoms with van der Waals surface area (Å²) in [5.41, 5.74) is 3.31. The van der Waals surface area contributed by atoms with Crippen molar-refractivity contribution < 1.29 is 19.5 Å². The van der Waals surface area contributed by atoms with Gasteiger partial charge in [0.05, 0.1) is 12.3 Å². The molecule has 2 amide bonds. The summed E-state index contributed by atoms with van der Waals surface area (Å²) in [6.07, 6.45) is 3.62. The number of carbonyl (C=O) groups excluding carboxylic acids is 2. The first-order chi connectivity index (χ1) is 16.6. The van der Waals surface area contributed by atoms with Crippen LogP contribution in [0.25, 0.3) is 11.1 Å². The Bertz CT molecular complexity index is 1070. The Morgan fingerprint density at radius 3 is 2.47 bits per heavy atom. The molecule has 2 aromatic carbocycles. The third kappa shape index (κ3) is 4.20. The van der Waals surface area contributed by atoms with Gasteiger partial charge >= 0.3 is 0 Å². The molecular formula is C27H31N3O4. The van der Waals surface area contributed by atoms with Crippen LogP contribution in [-0.4, -0.2) is 59.9 Å². The minimum atomic E-state index is -0.645. The minimum absolute atomic E-state index is 0.0261. The van der Waals surface area contributed by atoms with Crippen LogP contribution in [0.4, 0.5) is 0 Å². The highest BCUT2D eigenvalue weighted by molar-refractivity contribution is 6.05. The number of aliphatic hydroxyl groups is 1. The van der Waals surface area contributed by atoms with Gasteiger partial charge < -0.3 is 20.2 Å². The molecule has 0 radical (unpaired) electrons. The summed E-state index contributed by atoms with van der Waals surface area (Å²) < 4.78 is 0. The third-order valence-electron chi connectivity index (χ3n) is 7.79. The van der Waals surface area contributed by atoms with Crippen molar-refractivity contribution in [1.82, 2.24) is 10.2 Å². The fourth-order valence-electron chi connectivity index (χ4n) is 6.11. The molecule has 2 bridgehead atoms. The molecule has 2 N–H and O–H groups in total. The maximum absolute atomic E-state index is 13.5. The van der Waals surface area contributed by atoms with Gasteiger partial charge in [-0.3, -0.25) is 9.59 Å². The average Bonchev–Trinajstić information content (AvgIpc) is 3.59. The van der Waals surface area contributed by atoms with Crippen molar-refractivity contribution in [2.24, 2.45) is 22.9 Å². The first-order valence-corrected chi connectivity index (χ1v) is 12.1. The standard InChI is InChI=1S/C27H31N3O4/c1-34-29-22-14-24(26(32)28-25-21-12-11-20(13-21)23(25)16-31)30(15-22)27(33)19-9-7-18(8-10-19)17-5-3-2-4-6-17/h2-10,20-21,23-25,31H,11-16H2,1H3,(H,28,32)/b29-22-/t20?,21?,23?,24-,25?/m0/s1. The SMILES string of the molecule is CO/N=C1/C[C@@H](C(=O)NC2C3CCC(C3)C2CO)N(C(=O)c2ccc(-c3ccccc3)cc2)C1. The maximum atomic E-state index is 13.5. The molecule has 2 aliphatic carbocycles. The van der Waals surface area contributed by atoms with Crippen molar-refractivity contribution in [3.05, 3.63) is 60.2 Å². The van der Waals surface area contributed by atoms with Crippen molar-refractivity contribution >= 4 is 17.5 Å². The van der Waals surface area contributed by atoms with Gasteiger partial charge in [-0.15, -0.1) is 0 Å². The van der Waals surface area contributed by atoms with Gasteiger partial charge in [-0.25, -0.2) is 0 Å². The second-order valence-electron chi connectivity index (χ2n) is 9.65. The van der Waals surface area contributed by atoms with Crippen LogP contribution in [0.15, 0.2) is 59.8 Å². The topological polar surface area (TPSA) is 91.2 Å². The number of hydrogen-bond acceptors (Lipinski definition) is 5. The summed E-state index contributed by atoms with van der Waals surface area (Å²) in [6.45, 7) is 0.342. The number of nitrogens with one attached hydrogen (secondary N) is 1. The highest BCUT2D eigenvalue weighted by atomic mass is 16.6. The lowest BCUT2D eigenvalue weighted by Crippen LogP contribution is -2.52. The van der Waals surface area contributed by atoms with E-state index in [1.807, 2.05) is 54.6 Å². The number of benzene rings is 2. The summed E-state index contributed by atoms with van der Waals surface area (Å²) in [6, 6.07) is 16.8. The molecule has 7 nitrogen and oxygen atoms in total. The molecule has 4 unspecified atom stereocenters. The molecule has 1 heterocycles. The molecule has 2 saturated carbocycles. The predicted molar refractivity (Wildman–Crippen MR) is 129 cm³/mol. The lowest BCUT2D eigenvalue weighted by Gasteiger charge is -2.32.